The van der Waals surface area contributed by atoms with E-state index in [1.54, 1.807) is 6.20 Å². The topological polar surface area (TPSA) is 56.2 Å². The third-order valence-corrected chi connectivity index (χ3v) is 2.94. The molecule has 4 nitrogen and oxygen atoms in total. The summed E-state index contributed by atoms with van der Waals surface area (Å²) in [6.45, 7) is 0.418. The summed E-state index contributed by atoms with van der Waals surface area (Å²) in [5.41, 5.74) is 8.80. The maximum atomic E-state index is 5.71. The first-order valence-corrected chi connectivity index (χ1v) is 5.93. The van der Waals surface area contributed by atoms with Crippen LogP contribution in [-0.4, -0.2) is 14.4 Å². The van der Waals surface area contributed by atoms with Crippen LogP contribution in [0.25, 0.3) is 5.65 Å². The lowest BCUT2D eigenvalue weighted by atomic mass is 10.1. The number of hydrogen-bond acceptors (Lipinski definition) is 3. The summed E-state index contributed by atoms with van der Waals surface area (Å²) in [6, 6.07) is 12.2. The summed E-state index contributed by atoms with van der Waals surface area (Å²) < 4.78 is 1.96. The smallest absolute Gasteiger partial charge is 0.160 e. The predicted octanol–water partition coefficient (Wildman–Crippen LogP) is 1.78. The van der Waals surface area contributed by atoms with Crippen molar-refractivity contribution >= 4 is 5.65 Å². The summed E-state index contributed by atoms with van der Waals surface area (Å²) in [5, 5.41) is 0. The molecule has 0 unspecified atom stereocenters. The molecule has 2 aromatic heterocycles. The summed E-state index contributed by atoms with van der Waals surface area (Å²) in [4.78, 5) is 8.97. The molecule has 0 radical (unpaired) electrons. The zero-order valence-corrected chi connectivity index (χ0v) is 9.95. The van der Waals surface area contributed by atoms with Crippen LogP contribution in [0.3, 0.4) is 0 Å². The van der Waals surface area contributed by atoms with Gasteiger partial charge in [0, 0.05) is 18.8 Å². The Morgan fingerprint density at radius 3 is 2.72 bits per heavy atom. The Hall–Kier alpha value is -2.20. The van der Waals surface area contributed by atoms with Gasteiger partial charge < -0.3 is 5.73 Å². The summed E-state index contributed by atoms with van der Waals surface area (Å²) in [7, 11) is 0. The van der Waals surface area contributed by atoms with Crippen LogP contribution in [0.2, 0.25) is 0 Å². The molecule has 0 aliphatic carbocycles. The Labute approximate surface area is 105 Å². The molecule has 0 aliphatic heterocycles. The van der Waals surface area contributed by atoms with Gasteiger partial charge in [-0.1, -0.05) is 30.3 Å². The average molecular weight is 238 g/mol. The van der Waals surface area contributed by atoms with Crippen LogP contribution in [0.1, 0.15) is 17.1 Å². The number of hydrogen-bond donors (Lipinski definition) is 1. The van der Waals surface area contributed by atoms with Gasteiger partial charge in [-0.15, -0.1) is 0 Å². The van der Waals surface area contributed by atoms with Crippen molar-refractivity contribution < 1.29 is 0 Å². The number of benzene rings is 1. The van der Waals surface area contributed by atoms with Crippen molar-refractivity contribution in [2.24, 2.45) is 5.73 Å². The molecule has 90 valence electrons. The molecule has 2 heterocycles. The Kier molecular flexibility index (Phi) is 2.78. The van der Waals surface area contributed by atoms with Gasteiger partial charge in [-0.05, 0) is 11.6 Å². The molecule has 1 aromatic carbocycles. The van der Waals surface area contributed by atoms with Gasteiger partial charge in [-0.3, -0.25) is 4.40 Å². The van der Waals surface area contributed by atoms with E-state index in [1.165, 1.54) is 5.56 Å². The van der Waals surface area contributed by atoms with Gasteiger partial charge >= 0.3 is 0 Å². The van der Waals surface area contributed by atoms with Crippen LogP contribution in [0, 0.1) is 0 Å². The lowest BCUT2D eigenvalue weighted by molar-refractivity contribution is 0.891. The van der Waals surface area contributed by atoms with E-state index < -0.39 is 0 Å². The number of nitrogens with zero attached hydrogens (tertiary/aromatic N) is 3. The van der Waals surface area contributed by atoms with E-state index in [4.69, 9.17) is 5.73 Å². The second kappa shape index (κ2) is 4.58. The molecule has 0 bridgehead atoms. The van der Waals surface area contributed by atoms with Crippen LogP contribution in [0.15, 0.2) is 48.8 Å². The lowest BCUT2D eigenvalue weighted by Gasteiger charge is -1.98. The van der Waals surface area contributed by atoms with Gasteiger partial charge in [-0.25, -0.2) is 9.97 Å². The fourth-order valence-corrected chi connectivity index (χ4v) is 2.10. The van der Waals surface area contributed by atoms with Crippen molar-refractivity contribution in [2.75, 3.05) is 0 Å². The summed E-state index contributed by atoms with van der Waals surface area (Å²) in [5.74, 6) is 0.851. The first kappa shape index (κ1) is 10.9. The Morgan fingerprint density at radius 1 is 1.11 bits per heavy atom. The number of aromatic nitrogens is 3. The maximum absolute atomic E-state index is 5.71. The van der Waals surface area contributed by atoms with E-state index in [0.717, 1.165) is 23.6 Å². The quantitative estimate of drug-likeness (QED) is 0.756. The normalized spacial score (nSPS) is 10.9. The van der Waals surface area contributed by atoms with Crippen LogP contribution in [-0.2, 0) is 13.0 Å². The molecule has 4 heteroatoms. The third kappa shape index (κ3) is 1.87. The molecule has 18 heavy (non-hydrogen) atoms. The van der Waals surface area contributed by atoms with Gasteiger partial charge in [0.25, 0.3) is 0 Å². The molecule has 0 amide bonds. The molecule has 0 saturated heterocycles. The van der Waals surface area contributed by atoms with Crippen molar-refractivity contribution in [3.05, 3.63) is 65.9 Å². The van der Waals surface area contributed by atoms with Gasteiger partial charge in [0.2, 0.25) is 0 Å². The molecule has 0 aliphatic rings. The lowest BCUT2D eigenvalue weighted by Crippen LogP contribution is -2.02. The zero-order valence-electron chi connectivity index (χ0n) is 9.95. The second-order valence-corrected chi connectivity index (χ2v) is 4.15. The highest BCUT2D eigenvalue weighted by molar-refractivity contribution is 5.47. The first-order valence-electron chi connectivity index (χ1n) is 5.93. The fraction of sp³-hybridized carbons (Fsp3) is 0.143. The van der Waals surface area contributed by atoms with Crippen molar-refractivity contribution in [1.82, 2.24) is 14.4 Å². The van der Waals surface area contributed by atoms with Crippen LogP contribution in [0.4, 0.5) is 0 Å². The minimum Gasteiger partial charge on any atom is -0.324 e. The third-order valence-electron chi connectivity index (χ3n) is 2.94. The van der Waals surface area contributed by atoms with Gasteiger partial charge in [0.1, 0.15) is 5.82 Å². The van der Waals surface area contributed by atoms with E-state index in [9.17, 15) is 0 Å². The minimum atomic E-state index is 0.418. The molecule has 0 spiro atoms. The summed E-state index contributed by atoms with van der Waals surface area (Å²) >= 11 is 0. The Bertz CT molecular complexity index is 658. The van der Waals surface area contributed by atoms with Crippen LogP contribution in [0.5, 0.6) is 0 Å². The van der Waals surface area contributed by atoms with Crippen molar-refractivity contribution in [3.8, 4) is 0 Å². The first-order chi connectivity index (χ1) is 8.88. The largest absolute Gasteiger partial charge is 0.324 e. The van der Waals surface area contributed by atoms with Crippen molar-refractivity contribution in [2.45, 2.75) is 13.0 Å². The SMILES string of the molecule is NCc1nc(Cc2ccccc2)c2ncccn12. The molecule has 0 saturated carbocycles. The van der Waals surface area contributed by atoms with E-state index >= 15 is 0 Å². The standard InChI is InChI=1S/C14H14N4/c15-10-13-17-12(9-11-5-2-1-3-6-11)14-16-7-4-8-18(13)14/h1-8H,9-10,15H2. The molecule has 3 rings (SSSR count). The highest BCUT2D eigenvalue weighted by Gasteiger charge is 2.10. The van der Waals surface area contributed by atoms with E-state index in [0.29, 0.717) is 6.54 Å². The zero-order chi connectivity index (χ0) is 12.4. The Balaban J connectivity index is 2.07. The number of fused-ring (bicyclic) bond motifs is 1. The van der Waals surface area contributed by atoms with Gasteiger partial charge in [0.05, 0.1) is 12.2 Å². The molecule has 0 atom stereocenters. The predicted molar refractivity (Wildman–Crippen MR) is 70.1 cm³/mol. The molecule has 0 fully saturated rings. The number of nitrogens with two attached hydrogens (primary N) is 1. The molecular formula is C14H14N4. The molecule has 3 aromatic rings. The summed E-state index contributed by atoms with van der Waals surface area (Å²) in [6.07, 6.45) is 4.51. The second-order valence-electron chi connectivity index (χ2n) is 4.15. The van der Waals surface area contributed by atoms with Crippen molar-refractivity contribution in [1.29, 1.82) is 0 Å². The van der Waals surface area contributed by atoms with E-state index in [-0.39, 0.29) is 0 Å². The molecular weight excluding hydrogens is 224 g/mol. The average Bonchev–Trinajstić information content (AvgIpc) is 2.78. The van der Waals surface area contributed by atoms with Crippen molar-refractivity contribution in [3.63, 3.8) is 0 Å². The number of imidazole rings is 1. The fourth-order valence-electron chi connectivity index (χ4n) is 2.10. The Morgan fingerprint density at radius 2 is 1.94 bits per heavy atom. The van der Waals surface area contributed by atoms with Gasteiger partial charge in [-0.2, -0.15) is 0 Å². The number of rotatable bonds is 3. The minimum absolute atomic E-state index is 0.418. The van der Waals surface area contributed by atoms with Crippen LogP contribution >= 0.6 is 0 Å². The van der Waals surface area contributed by atoms with E-state index in [2.05, 4.69) is 22.1 Å². The van der Waals surface area contributed by atoms with Crippen LogP contribution < -0.4 is 5.73 Å². The van der Waals surface area contributed by atoms with E-state index in [1.807, 2.05) is 34.9 Å². The molecule has 2 N–H and O–H groups in total. The highest BCUT2D eigenvalue weighted by Crippen LogP contribution is 2.14. The van der Waals surface area contributed by atoms with Gasteiger partial charge in [0.15, 0.2) is 5.65 Å². The maximum Gasteiger partial charge on any atom is 0.160 e. The monoisotopic (exact) mass is 238 g/mol. The highest BCUT2D eigenvalue weighted by atomic mass is 15.1.